The van der Waals surface area contributed by atoms with Crippen LogP contribution in [0, 0.1) is 6.92 Å². The Morgan fingerprint density at radius 3 is 2.96 bits per heavy atom. The van der Waals surface area contributed by atoms with Crippen molar-refractivity contribution in [1.82, 2.24) is 10.2 Å². The van der Waals surface area contributed by atoms with Crippen LogP contribution in [0.15, 0.2) is 18.2 Å². The maximum Gasteiger partial charge on any atom is 0.271 e. The molecule has 1 fully saturated rings. The summed E-state index contributed by atoms with van der Waals surface area (Å²) in [4.78, 5) is 27.0. The van der Waals surface area contributed by atoms with E-state index in [9.17, 15) is 9.59 Å². The molecule has 3 heterocycles. The monoisotopic (exact) mass is 402 g/mol. The lowest BCUT2D eigenvalue weighted by molar-refractivity contribution is -0.133. The number of aryl methyl sites for hydroxylation is 1. The van der Waals surface area contributed by atoms with Crippen molar-refractivity contribution < 1.29 is 19.1 Å². The summed E-state index contributed by atoms with van der Waals surface area (Å²) in [6.45, 7) is 5.91. The second kappa shape index (κ2) is 7.14. The fourth-order valence-corrected chi connectivity index (χ4v) is 4.17. The van der Waals surface area contributed by atoms with E-state index in [4.69, 9.17) is 9.47 Å². The van der Waals surface area contributed by atoms with Gasteiger partial charge in [-0.3, -0.25) is 19.8 Å². The number of hydrogen-bond acceptors (Lipinski definition) is 7. The number of ether oxygens (including phenoxy) is 2. The SMILES string of the molecule is Cc1ccc2c(c1)N(CC(=O)Nc1nnc(C3CCCO3)s1)C(=O)C(C)(C)O2. The van der Waals surface area contributed by atoms with E-state index >= 15 is 0 Å². The Bertz CT molecular complexity index is 920. The van der Waals surface area contributed by atoms with Gasteiger partial charge >= 0.3 is 0 Å². The van der Waals surface area contributed by atoms with E-state index in [0.717, 1.165) is 30.0 Å². The van der Waals surface area contributed by atoms with Crippen molar-refractivity contribution in [2.24, 2.45) is 0 Å². The summed E-state index contributed by atoms with van der Waals surface area (Å²) >= 11 is 1.30. The molecule has 1 saturated heterocycles. The molecular weight excluding hydrogens is 380 g/mol. The van der Waals surface area contributed by atoms with Crippen LogP contribution in [-0.4, -0.2) is 40.8 Å². The van der Waals surface area contributed by atoms with Gasteiger partial charge in [0.15, 0.2) is 5.60 Å². The topological polar surface area (TPSA) is 93.7 Å². The molecule has 1 aromatic heterocycles. The number of nitrogens with zero attached hydrogens (tertiary/aromatic N) is 3. The standard InChI is InChI=1S/C19H22N4O4S/c1-11-6-7-13-12(9-11)23(17(25)19(2,3)27-13)10-15(24)20-18-22-21-16(28-18)14-5-4-8-26-14/h6-7,9,14H,4-5,8,10H2,1-3H3,(H,20,22,24). The Hall–Kier alpha value is -2.52. The third-order valence-corrected chi connectivity index (χ3v) is 5.66. The molecule has 1 aromatic carbocycles. The van der Waals surface area contributed by atoms with Crippen molar-refractivity contribution in [3.8, 4) is 5.75 Å². The van der Waals surface area contributed by atoms with Gasteiger partial charge in [0.05, 0.1) is 5.69 Å². The van der Waals surface area contributed by atoms with E-state index in [1.165, 1.54) is 16.2 Å². The molecule has 2 amide bonds. The third kappa shape index (κ3) is 3.59. The number of fused-ring (bicyclic) bond motifs is 1. The maximum absolute atomic E-state index is 12.9. The number of nitrogens with one attached hydrogen (secondary N) is 1. The number of amides is 2. The minimum absolute atomic E-state index is 0.0420. The van der Waals surface area contributed by atoms with Gasteiger partial charge in [-0.15, -0.1) is 10.2 Å². The largest absolute Gasteiger partial charge is 0.476 e. The van der Waals surface area contributed by atoms with E-state index in [1.807, 2.05) is 25.1 Å². The minimum atomic E-state index is -1.04. The van der Waals surface area contributed by atoms with Crippen LogP contribution >= 0.6 is 11.3 Å². The minimum Gasteiger partial charge on any atom is -0.476 e. The van der Waals surface area contributed by atoms with Gasteiger partial charge in [0, 0.05) is 6.61 Å². The molecule has 0 aliphatic carbocycles. The van der Waals surface area contributed by atoms with Gasteiger partial charge in [0.25, 0.3) is 5.91 Å². The third-order valence-electron chi connectivity index (χ3n) is 4.72. The Morgan fingerprint density at radius 1 is 1.39 bits per heavy atom. The molecule has 2 aliphatic rings. The molecule has 148 valence electrons. The Kier molecular flexibility index (Phi) is 4.80. The molecule has 1 N–H and O–H groups in total. The van der Waals surface area contributed by atoms with Gasteiger partial charge in [-0.05, 0) is 51.3 Å². The highest BCUT2D eigenvalue weighted by molar-refractivity contribution is 7.15. The van der Waals surface area contributed by atoms with Crippen LogP contribution in [0.4, 0.5) is 10.8 Å². The summed E-state index contributed by atoms with van der Waals surface area (Å²) in [5.74, 6) is -0.0220. The van der Waals surface area contributed by atoms with Crippen molar-refractivity contribution in [3.05, 3.63) is 28.8 Å². The van der Waals surface area contributed by atoms with E-state index in [0.29, 0.717) is 16.6 Å². The number of carbonyl (C=O) groups excluding carboxylic acids is 2. The zero-order chi connectivity index (χ0) is 19.9. The molecular formula is C19H22N4O4S. The van der Waals surface area contributed by atoms with Crippen LogP contribution in [0.1, 0.15) is 43.4 Å². The van der Waals surface area contributed by atoms with Crippen molar-refractivity contribution >= 4 is 34.0 Å². The van der Waals surface area contributed by atoms with Crippen LogP contribution in [-0.2, 0) is 14.3 Å². The summed E-state index contributed by atoms with van der Waals surface area (Å²) in [7, 11) is 0. The van der Waals surface area contributed by atoms with E-state index in [2.05, 4.69) is 15.5 Å². The first-order valence-corrected chi connectivity index (χ1v) is 10.0. The molecule has 1 unspecified atom stereocenters. The molecule has 0 radical (unpaired) electrons. The van der Waals surface area contributed by atoms with Gasteiger partial charge in [0.1, 0.15) is 23.4 Å². The van der Waals surface area contributed by atoms with Crippen LogP contribution < -0.4 is 15.0 Å². The van der Waals surface area contributed by atoms with Gasteiger partial charge in [0.2, 0.25) is 11.0 Å². The lowest BCUT2D eigenvalue weighted by atomic mass is 10.0. The predicted molar refractivity (Wildman–Crippen MR) is 105 cm³/mol. The number of hydrogen-bond donors (Lipinski definition) is 1. The Balaban J connectivity index is 1.50. The number of benzene rings is 1. The van der Waals surface area contributed by atoms with E-state index < -0.39 is 5.60 Å². The maximum atomic E-state index is 12.9. The molecule has 0 bridgehead atoms. The fourth-order valence-electron chi connectivity index (χ4n) is 3.32. The summed E-state index contributed by atoms with van der Waals surface area (Å²) in [6.07, 6.45) is 1.87. The smallest absolute Gasteiger partial charge is 0.271 e. The highest BCUT2D eigenvalue weighted by Crippen LogP contribution is 2.38. The van der Waals surface area contributed by atoms with Crippen molar-refractivity contribution in [2.45, 2.75) is 45.3 Å². The predicted octanol–water partition coefficient (Wildman–Crippen LogP) is 2.84. The fraction of sp³-hybridized carbons (Fsp3) is 0.474. The highest BCUT2D eigenvalue weighted by Gasteiger charge is 2.41. The Labute approximate surface area is 166 Å². The molecule has 0 spiro atoms. The molecule has 2 aliphatic heterocycles. The van der Waals surface area contributed by atoms with Gasteiger partial charge < -0.3 is 9.47 Å². The number of aromatic nitrogens is 2. The highest BCUT2D eigenvalue weighted by atomic mass is 32.1. The van der Waals surface area contributed by atoms with Crippen LogP contribution in [0.25, 0.3) is 0 Å². The van der Waals surface area contributed by atoms with Crippen molar-refractivity contribution in [1.29, 1.82) is 0 Å². The zero-order valence-electron chi connectivity index (χ0n) is 16.0. The van der Waals surface area contributed by atoms with Gasteiger partial charge in [-0.1, -0.05) is 17.4 Å². The average molecular weight is 402 g/mol. The summed E-state index contributed by atoms with van der Waals surface area (Å²) in [5.41, 5.74) is 0.528. The molecule has 4 rings (SSSR count). The lowest BCUT2D eigenvalue weighted by Crippen LogP contribution is -2.54. The average Bonchev–Trinajstić information content (AvgIpc) is 3.31. The van der Waals surface area contributed by atoms with Crippen molar-refractivity contribution in [3.63, 3.8) is 0 Å². The summed E-state index contributed by atoms with van der Waals surface area (Å²) in [6, 6.07) is 5.58. The quantitative estimate of drug-likeness (QED) is 0.845. The first-order chi connectivity index (χ1) is 13.3. The van der Waals surface area contributed by atoms with E-state index in [-0.39, 0.29) is 24.5 Å². The second-order valence-corrected chi connectivity index (χ2v) is 8.48. The lowest BCUT2D eigenvalue weighted by Gasteiger charge is -2.38. The summed E-state index contributed by atoms with van der Waals surface area (Å²) in [5, 5.41) is 12.0. The van der Waals surface area contributed by atoms with Gasteiger partial charge in [-0.25, -0.2) is 0 Å². The first kappa shape index (κ1) is 18.8. The number of carbonyl (C=O) groups is 2. The molecule has 0 saturated carbocycles. The number of anilines is 2. The summed E-state index contributed by atoms with van der Waals surface area (Å²) < 4.78 is 11.4. The molecule has 9 heteroatoms. The molecule has 8 nitrogen and oxygen atoms in total. The molecule has 2 aromatic rings. The molecule has 1 atom stereocenters. The van der Waals surface area contributed by atoms with Crippen LogP contribution in [0.3, 0.4) is 0 Å². The van der Waals surface area contributed by atoms with Crippen LogP contribution in [0.2, 0.25) is 0 Å². The van der Waals surface area contributed by atoms with Gasteiger partial charge in [-0.2, -0.15) is 0 Å². The zero-order valence-corrected chi connectivity index (χ0v) is 16.8. The normalized spacial score (nSPS) is 20.6. The number of rotatable bonds is 4. The van der Waals surface area contributed by atoms with Crippen molar-refractivity contribution in [2.75, 3.05) is 23.4 Å². The Morgan fingerprint density at radius 2 is 2.21 bits per heavy atom. The second-order valence-electron chi connectivity index (χ2n) is 7.47. The van der Waals surface area contributed by atoms with E-state index in [1.54, 1.807) is 13.8 Å². The first-order valence-electron chi connectivity index (χ1n) is 9.20. The van der Waals surface area contributed by atoms with Crippen LogP contribution in [0.5, 0.6) is 5.75 Å². The molecule has 28 heavy (non-hydrogen) atoms.